The SMILES string of the molecule is [B]c1cc(COc2cc3c(cn2)C2C[C@@H]2C3)c(F)cc1C(F)(F)F. The Morgan fingerprint density at radius 1 is 1.25 bits per heavy atom. The average molecular weight is 333 g/mol. The van der Waals surface area contributed by atoms with Gasteiger partial charge in [0.15, 0.2) is 0 Å². The standard InChI is InChI=1S/C17H12BF4NO/c18-14-3-10(15(19)5-13(14)17(20,21)22)7-24-16-4-9-1-8-2-11(8)12(9)6-23-16/h3-6,8,11H,1-2,7H2/t8-,11?/m0/s1. The van der Waals surface area contributed by atoms with E-state index in [4.69, 9.17) is 12.6 Å². The maximum atomic E-state index is 13.9. The summed E-state index contributed by atoms with van der Waals surface area (Å²) in [6.07, 6.45) is -0.697. The molecule has 2 radical (unpaired) electrons. The van der Waals surface area contributed by atoms with Crippen LogP contribution in [0.2, 0.25) is 0 Å². The summed E-state index contributed by atoms with van der Waals surface area (Å²) in [5.41, 5.74) is 0.694. The van der Waals surface area contributed by atoms with Crippen molar-refractivity contribution in [1.82, 2.24) is 4.98 Å². The van der Waals surface area contributed by atoms with E-state index in [2.05, 4.69) is 4.98 Å². The van der Waals surface area contributed by atoms with E-state index < -0.39 is 23.0 Å². The van der Waals surface area contributed by atoms with Crippen LogP contribution in [0.3, 0.4) is 0 Å². The maximum Gasteiger partial charge on any atom is 0.415 e. The van der Waals surface area contributed by atoms with Crippen LogP contribution in [0.15, 0.2) is 24.4 Å². The molecule has 0 spiro atoms. The van der Waals surface area contributed by atoms with E-state index in [9.17, 15) is 17.6 Å². The number of aromatic nitrogens is 1. The zero-order chi connectivity index (χ0) is 17.1. The molecule has 122 valence electrons. The summed E-state index contributed by atoms with van der Waals surface area (Å²) >= 11 is 0. The smallest absolute Gasteiger partial charge is 0.415 e. The van der Waals surface area contributed by atoms with E-state index in [1.807, 2.05) is 6.07 Å². The summed E-state index contributed by atoms with van der Waals surface area (Å²) in [5, 5.41) is 0. The minimum absolute atomic E-state index is 0.0364. The molecule has 4 rings (SSSR count). The fourth-order valence-electron chi connectivity index (χ4n) is 3.36. The zero-order valence-electron chi connectivity index (χ0n) is 12.5. The van der Waals surface area contributed by atoms with Crippen molar-refractivity contribution in [1.29, 1.82) is 0 Å². The Hall–Kier alpha value is -2.05. The van der Waals surface area contributed by atoms with Gasteiger partial charge in [-0.05, 0) is 41.9 Å². The first kappa shape index (κ1) is 15.5. The number of ether oxygens (including phenoxy) is 1. The van der Waals surface area contributed by atoms with Gasteiger partial charge in [0.1, 0.15) is 20.3 Å². The molecule has 1 unspecified atom stereocenters. The van der Waals surface area contributed by atoms with Crippen molar-refractivity contribution in [3.8, 4) is 5.88 Å². The van der Waals surface area contributed by atoms with Crippen LogP contribution in [0, 0.1) is 11.7 Å². The normalized spacial score (nSPS) is 21.3. The van der Waals surface area contributed by atoms with Crippen molar-refractivity contribution in [3.63, 3.8) is 0 Å². The number of hydrogen-bond acceptors (Lipinski definition) is 2. The van der Waals surface area contributed by atoms with Gasteiger partial charge in [-0.1, -0.05) is 11.5 Å². The van der Waals surface area contributed by atoms with Gasteiger partial charge in [0.05, 0.1) is 5.56 Å². The van der Waals surface area contributed by atoms with Gasteiger partial charge in [-0.2, -0.15) is 13.2 Å². The van der Waals surface area contributed by atoms with Crippen molar-refractivity contribution in [2.45, 2.75) is 31.5 Å². The Kier molecular flexibility index (Phi) is 3.37. The Morgan fingerprint density at radius 3 is 2.79 bits per heavy atom. The van der Waals surface area contributed by atoms with Crippen molar-refractivity contribution in [2.24, 2.45) is 5.92 Å². The third kappa shape index (κ3) is 2.66. The molecule has 2 atom stereocenters. The predicted molar refractivity (Wildman–Crippen MR) is 79.9 cm³/mol. The molecule has 7 heteroatoms. The second-order valence-corrected chi connectivity index (χ2v) is 6.35. The number of fused-ring (bicyclic) bond motifs is 3. The lowest BCUT2D eigenvalue weighted by Crippen LogP contribution is -2.21. The van der Waals surface area contributed by atoms with E-state index in [-0.39, 0.29) is 12.2 Å². The van der Waals surface area contributed by atoms with Gasteiger partial charge in [0, 0.05) is 17.8 Å². The third-order valence-corrected chi connectivity index (χ3v) is 4.70. The second-order valence-electron chi connectivity index (χ2n) is 6.35. The molecule has 2 nitrogen and oxygen atoms in total. The highest BCUT2D eigenvalue weighted by Crippen LogP contribution is 2.56. The zero-order valence-corrected chi connectivity index (χ0v) is 12.5. The first-order chi connectivity index (χ1) is 11.3. The lowest BCUT2D eigenvalue weighted by atomic mass is 9.88. The van der Waals surface area contributed by atoms with Gasteiger partial charge in [-0.3, -0.25) is 0 Å². The van der Waals surface area contributed by atoms with Gasteiger partial charge in [-0.15, -0.1) is 0 Å². The molecule has 24 heavy (non-hydrogen) atoms. The highest BCUT2D eigenvalue weighted by Gasteiger charge is 2.45. The van der Waals surface area contributed by atoms with Gasteiger partial charge < -0.3 is 4.74 Å². The van der Waals surface area contributed by atoms with E-state index in [0.717, 1.165) is 12.5 Å². The lowest BCUT2D eigenvalue weighted by molar-refractivity contribution is -0.136. The highest BCUT2D eigenvalue weighted by atomic mass is 19.4. The lowest BCUT2D eigenvalue weighted by Gasteiger charge is -2.14. The third-order valence-electron chi connectivity index (χ3n) is 4.70. The molecule has 0 bridgehead atoms. The van der Waals surface area contributed by atoms with Crippen LogP contribution in [0.1, 0.15) is 34.6 Å². The molecule has 1 aromatic carbocycles. The number of alkyl halides is 3. The molecule has 1 saturated carbocycles. The van der Waals surface area contributed by atoms with E-state index in [1.165, 1.54) is 17.5 Å². The first-order valence-electron chi connectivity index (χ1n) is 7.59. The number of rotatable bonds is 3. The number of nitrogens with zero attached hydrogens (tertiary/aromatic N) is 1. The van der Waals surface area contributed by atoms with Crippen LogP contribution in [0.25, 0.3) is 0 Å². The fourth-order valence-corrected chi connectivity index (χ4v) is 3.36. The van der Waals surface area contributed by atoms with Gasteiger partial charge in [0.25, 0.3) is 0 Å². The topological polar surface area (TPSA) is 22.1 Å². The predicted octanol–water partition coefficient (Wildman–Crippen LogP) is 3.27. The van der Waals surface area contributed by atoms with Crippen molar-refractivity contribution < 1.29 is 22.3 Å². The Labute approximate surface area is 137 Å². The molecule has 1 fully saturated rings. The van der Waals surface area contributed by atoms with Crippen LogP contribution in [-0.4, -0.2) is 12.8 Å². The summed E-state index contributed by atoms with van der Waals surface area (Å²) in [6, 6.07) is 3.19. The monoisotopic (exact) mass is 333 g/mol. The number of pyridine rings is 1. The van der Waals surface area contributed by atoms with Crippen LogP contribution in [0.4, 0.5) is 17.6 Å². The quantitative estimate of drug-likeness (QED) is 0.635. The maximum absolute atomic E-state index is 13.9. The fraction of sp³-hybridized carbons (Fsp3) is 0.353. The van der Waals surface area contributed by atoms with E-state index in [1.54, 1.807) is 6.20 Å². The molecule has 2 aliphatic carbocycles. The minimum Gasteiger partial charge on any atom is -0.473 e. The van der Waals surface area contributed by atoms with Crippen LogP contribution in [0.5, 0.6) is 5.88 Å². The summed E-state index contributed by atoms with van der Waals surface area (Å²) in [4.78, 5) is 4.20. The molecule has 2 aliphatic rings. The van der Waals surface area contributed by atoms with Crippen molar-refractivity contribution >= 4 is 13.3 Å². The number of hydrogen-bond donors (Lipinski definition) is 0. The van der Waals surface area contributed by atoms with Gasteiger partial charge in [0.2, 0.25) is 5.88 Å². The summed E-state index contributed by atoms with van der Waals surface area (Å²) in [5.74, 6) is 0.671. The molecular weight excluding hydrogens is 321 g/mol. The summed E-state index contributed by atoms with van der Waals surface area (Å²) in [6.45, 7) is -0.229. The summed E-state index contributed by atoms with van der Waals surface area (Å²) in [7, 11) is 5.38. The Morgan fingerprint density at radius 2 is 2.04 bits per heavy atom. The Balaban J connectivity index is 1.51. The average Bonchev–Trinajstić information content (AvgIpc) is 3.18. The molecule has 2 aromatic rings. The molecule has 0 saturated heterocycles. The molecule has 0 aliphatic heterocycles. The second kappa shape index (κ2) is 5.23. The first-order valence-corrected chi connectivity index (χ1v) is 7.59. The van der Waals surface area contributed by atoms with Gasteiger partial charge in [-0.25, -0.2) is 9.37 Å². The van der Waals surface area contributed by atoms with E-state index >= 15 is 0 Å². The van der Waals surface area contributed by atoms with E-state index in [0.29, 0.717) is 23.8 Å². The molecule has 1 aromatic heterocycles. The molecular formula is C17H12BF4NO. The molecule has 1 heterocycles. The number of benzene rings is 1. The molecule has 0 N–H and O–H groups in total. The largest absolute Gasteiger partial charge is 0.473 e. The minimum atomic E-state index is -4.69. The van der Waals surface area contributed by atoms with Gasteiger partial charge >= 0.3 is 6.18 Å². The van der Waals surface area contributed by atoms with Crippen LogP contribution < -0.4 is 10.2 Å². The van der Waals surface area contributed by atoms with Crippen LogP contribution in [-0.2, 0) is 19.2 Å². The van der Waals surface area contributed by atoms with Crippen molar-refractivity contribution in [3.05, 3.63) is 52.5 Å². The summed E-state index contributed by atoms with van der Waals surface area (Å²) < 4.78 is 57.4. The Bertz CT molecular complexity index is 821. The highest BCUT2D eigenvalue weighted by molar-refractivity contribution is 6.33. The number of halogens is 4. The van der Waals surface area contributed by atoms with Crippen LogP contribution >= 0.6 is 0 Å². The van der Waals surface area contributed by atoms with Crippen molar-refractivity contribution in [2.75, 3.05) is 0 Å². The molecule has 0 amide bonds.